The van der Waals surface area contributed by atoms with Crippen molar-refractivity contribution in [1.29, 1.82) is 0 Å². The standard InChI is InChI=1S/C13H13N3O4/c1-8-14-10(13(17)15(8)2)6-9-4-5-12(20-3)11(7-9)16(18)19/h4-7,14H,1H2,2-3H3. The summed E-state index contributed by atoms with van der Waals surface area (Å²) in [6, 6.07) is 4.47. The maximum Gasteiger partial charge on any atom is 0.311 e. The molecule has 1 N–H and O–H groups in total. The zero-order chi connectivity index (χ0) is 14.9. The Morgan fingerprint density at radius 1 is 1.50 bits per heavy atom. The molecule has 0 fully saturated rings. The molecule has 1 aromatic heterocycles. The Morgan fingerprint density at radius 3 is 2.70 bits per heavy atom. The molecule has 0 aliphatic heterocycles. The van der Waals surface area contributed by atoms with Crippen molar-refractivity contribution < 1.29 is 9.66 Å². The second-order valence-electron chi connectivity index (χ2n) is 4.18. The Morgan fingerprint density at radius 2 is 2.20 bits per heavy atom. The Bertz CT molecular complexity index is 832. The van der Waals surface area contributed by atoms with Crippen molar-refractivity contribution >= 4 is 18.3 Å². The van der Waals surface area contributed by atoms with Gasteiger partial charge in [-0.2, -0.15) is 0 Å². The van der Waals surface area contributed by atoms with Crippen LogP contribution in [0.25, 0.3) is 12.7 Å². The Hall–Kier alpha value is -2.83. The van der Waals surface area contributed by atoms with Crippen molar-refractivity contribution in [2.24, 2.45) is 7.05 Å². The van der Waals surface area contributed by atoms with Gasteiger partial charge in [-0.05, 0) is 17.7 Å². The van der Waals surface area contributed by atoms with Crippen LogP contribution in [-0.2, 0) is 7.05 Å². The molecule has 0 aliphatic rings. The minimum absolute atomic E-state index is 0.153. The first-order chi connectivity index (χ1) is 9.43. The molecule has 7 nitrogen and oxygen atoms in total. The van der Waals surface area contributed by atoms with E-state index in [4.69, 9.17) is 4.74 Å². The zero-order valence-corrected chi connectivity index (χ0v) is 11.0. The third-order valence-electron chi connectivity index (χ3n) is 2.93. The predicted octanol–water partition coefficient (Wildman–Crippen LogP) is -0.131. The number of imidazole rings is 1. The van der Waals surface area contributed by atoms with Crippen molar-refractivity contribution in [1.82, 2.24) is 9.55 Å². The lowest BCUT2D eigenvalue weighted by atomic mass is 10.2. The van der Waals surface area contributed by atoms with Crippen molar-refractivity contribution in [3.8, 4) is 5.75 Å². The molecule has 0 atom stereocenters. The van der Waals surface area contributed by atoms with E-state index >= 15 is 0 Å². The number of nitrogens with one attached hydrogen (secondary N) is 1. The minimum atomic E-state index is -0.532. The van der Waals surface area contributed by atoms with Gasteiger partial charge in [0.1, 0.15) is 10.8 Å². The molecule has 1 aromatic carbocycles. The summed E-state index contributed by atoms with van der Waals surface area (Å²) in [7, 11) is 2.95. The fourth-order valence-electron chi connectivity index (χ4n) is 1.80. The Balaban J connectivity index is 2.63. The van der Waals surface area contributed by atoms with E-state index in [0.29, 0.717) is 16.4 Å². The van der Waals surface area contributed by atoms with Gasteiger partial charge in [-0.25, -0.2) is 0 Å². The second kappa shape index (κ2) is 5.04. The van der Waals surface area contributed by atoms with Crippen LogP contribution in [0.15, 0.2) is 23.0 Å². The molecular formula is C13H13N3O4. The number of H-pyrrole nitrogens is 1. The summed E-state index contributed by atoms with van der Waals surface area (Å²) in [5, 5.41) is 11.3. The first-order valence-corrected chi connectivity index (χ1v) is 5.72. The molecule has 20 heavy (non-hydrogen) atoms. The maximum absolute atomic E-state index is 11.8. The summed E-state index contributed by atoms with van der Waals surface area (Å²) in [6.07, 6.45) is 1.53. The zero-order valence-electron chi connectivity index (χ0n) is 11.0. The number of rotatable bonds is 3. The predicted molar refractivity (Wildman–Crippen MR) is 74.0 cm³/mol. The minimum Gasteiger partial charge on any atom is -0.490 e. The monoisotopic (exact) mass is 275 g/mol. The lowest BCUT2D eigenvalue weighted by molar-refractivity contribution is -0.385. The second-order valence-corrected chi connectivity index (χ2v) is 4.18. The molecule has 2 aromatic rings. The topological polar surface area (TPSA) is 90.2 Å². The van der Waals surface area contributed by atoms with Crippen LogP contribution in [0.3, 0.4) is 0 Å². The van der Waals surface area contributed by atoms with E-state index in [1.54, 1.807) is 13.1 Å². The fourth-order valence-corrected chi connectivity index (χ4v) is 1.80. The summed E-state index contributed by atoms with van der Waals surface area (Å²) in [5.41, 5.74) is 0.591. The summed E-state index contributed by atoms with van der Waals surface area (Å²) < 4.78 is 6.28. The van der Waals surface area contributed by atoms with Gasteiger partial charge in [0.05, 0.1) is 12.0 Å². The van der Waals surface area contributed by atoms with Crippen LogP contribution < -0.4 is 21.1 Å². The van der Waals surface area contributed by atoms with Crippen LogP contribution in [0.4, 0.5) is 5.69 Å². The van der Waals surface area contributed by atoms with Gasteiger partial charge in [0.15, 0.2) is 5.75 Å². The molecule has 1 heterocycles. The smallest absolute Gasteiger partial charge is 0.311 e. The third kappa shape index (κ3) is 2.33. The highest BCUT2D eigenvalue weighted by Gasteiger charge is 2.14. The molecular weight excluding hydrogens is 262 g/mol. The van der Waals surface area contributed by atoms with E-state index in [9.17, 15) is 14.9 Å². The first-order valence-electron chi connectivity index (χ1n) is 5.72. The van der Waals surface area contributed by atoms with Crippen molar-refractivity contribution in [3.05, 3.63) is 55.1 Å². The highest BCUT2D eigenvalue weighted by atomic mass is 16.6. The van der Waals surface area contributed by atoms with Gasteiger partial charge in [0.25, 0.3) is 5.56 Å². The molecule has 0 bridgehead atoms. The number of ether oxygens (including phenoxy) is 1. The van der Waals surface area contributed by atoms with Crippen LogP contribution in [0, 0.1) is 10.1 Å². The number of hydrogen-bond acceptors (Lipinski definition) is 4. The molecule has 2 rings (SSSR count). The van der Waals surface area contributed by atoms with Gasteiger partial charge >= 0.3 is 5.69 Å². The van der Waals surface area contributed by atoms with E-state index in [2.05, 4.69) is 11.6 Å². The van der Waals surface area contributed by atoms with E-state index in [1.807, 2.05) is 0 Å². The van der Waals surface area contributed by atoms with Gasteiger partial charge in [0.2, 0.25) is 0 Å². The number of nitro groups is 1. The SMILES string of the molecule is C=c1[nH]c(=Cc2ccc(OC)c([N+](=O)[O-])c2)c(=O)n1C. The molecule has 7 heteroatoms. The summed E-state index contributed by atoms with van der Waals surface area (Å²) >= 11 is 0. The van der Waals surface area contributed by atoms with E-state index in [0.717, 1.165) is 0 Å². The molecule has 0 amide bonds. The molecule has 0 aliphatic carbocycles. The highest BCUT2D eigenvalue weighted by Crippen LogP contribution is 2.27. The van der Waals surface area contributed by atoms with Gasteiger partial charge in [-0.15, -0.1) is 0 Å². The molecule has 0 saturated carbocycles. The number of benzene rings is 1. The van der Waals surface area contributed by atoms with Gasteiger partial charge in [0, 0.05) is 13.1 Å². The first kappa shape index (κ1) is 13.6. The highest BCUT2D eigenvalue weighted by molar-refractivity contribution is 5.58. The van der Waals surface area contributed by atoms with E-state index < -0.39 is 4.92 Å². The van der Waals surface area contributed by atoms with Crippen LogP contribution in [-0.4, -0.2) is 21.6 Å². The Labute approximate surface area is 113 Å². The average molecular weight is 275 g/mol. The van der Waals surface area contributed by atoms with Crippen molar-refractivity contribution in [2.75, 3.05) is 7.11 Å². The third-order valence-corrected chi connectivity index (χ3v) is 2.93. The van der Waals surface area contributed by atoms with Crippen LogP contribution in [0.5, 0.6) is 5.75 Å². The number of hydrogen-bond donors (Lipinski definition) is 1. The van der Waals surface area contributed by atoms with Crippen LogP contribution in [0.1, 0.15) is 5.56 Å². The summed E-state index contributed by atoms with van der Waals surface area (Å²) in [4.78, 5) is 25.1. The largest absolute Gasteiger partial charge is 0.490 e. The van der Waals surface area contributed by atoms with Crippen molar-refractivity contribution in [2.45, 2.75) is 0 Å². The molecule has 0 radical (unpaired) electrons. The quantitative estimate of drug-likeness (QED) is 0.624. The number of nitrogens with zero attached hydrogens (tertiary/aromatic N) is 2. The van der Waals surface area contributed by atoms with E-state index in [-0.39, 0.29) is 17.0 Å². The lowest BCUT2D eigenvalue weighted by Crippen LogP contribution is -2.28. The number of aromatic nitrogens is 2. The number of nitro benzene ring substituents is 1. The number of aromatic amines is 1. The molecule has 0 saturated heterocycles. The van der Waals surface area contributed by atoms with Gasteiger partial charge in [-0.1, -0.05) is 12.6 Å². The molecule has 104 valence electrons. The van der Waals surface area contributed by atoms with Gasteiger partial charge in [-0.3, -0.25) is 19.5 Å². The van der Waals surface area contributed by atoms with E-state index in [1.165, 1.54) is 29.9 Å². The number of methoxy groups -OCH3 is 1. The lowest BCUT2D eigenvalue weighted by Gasteiger charge is -2.01. The molecule has 0 unspecified atom stereocenters. The fraction of sp³-hybridized carbons (Fsp3) is 0.154. The van der Waals surface area contributed by atoms with Crippen molar-refractivity contribution in [3.63, 3.8) is 0 Å². The van der Waals surface area contributed by atoms with Gasteiger partial charge < -0.3 is 9.72 Å². The summed E-state index contributed by atoms with van der Waals surface area (Å²) in [6.45, 7) is 3.68. The summed E-state index contributed by atoms with van der Waals surface area (Å²) in [5.74, 6) is 0.171. The van der Waals surface area contributed by atoms with Crippen LogP contribution in [0.2, 0.25) is 0 Å². The average Bonchev–Trinajstić information content (AvgIpc) is 2.66. The van der Waals surface area contributed by atoms with Crippen LogP contribution >= 0.6 is 0 Å². The normalized spacial score (nSPS) is 11.6. The Kier molecular flexibility index (Phi) is 3.43. The molecule has 0 spiro atoms. The maximum atomic E-state index is 11.8.